The lowest BCUT2D eigenvalue weighted by atomic mass is 10.4. The van der Waals surface area contributed by atoms with Crippen LogP contribution in [0, 0.1) is 11.6 Å². The highest BCUT2D eigenvalue weighted by Crippen LogP contribution is 2.28. The van der Waals surface area contributed by atoms with E-state index in [0.29, 0.717) is 11.7 Å². The van der Waals surface area contributed by atoms with Crippen LogP contribution in [0.5, 0.6) is 0 Å². The van der Waals surface area contributed by atoms with E-state index in [2.05, 4.69) is 20.5 Å². The summed E-state index contributed by atoms with van der Waals surface area (Å²) in [5, 5.41) is 10.8. The number of nitrogens with zero attached hydrogens (tertiary/aromatic N) is 4. The summed E-state index contributed by atoms with van der Waals surface area (Å²) < 4.78 is 28.6. The minimum absolute atomic E-state index is 0.0311. The van der Waals surface area contributed by atoms with Gasteiger partial charge < -0.3 is 9.88 Å². The Morgan fingerprint density at radius 1 is 1.39 bits per heavy atom. The minimum atomic E-state index is -0.720. The molecule has 1 N–H and O–H groups in total. The van der Waals surface area contributed by atoms with Gasteiger partial charge in [-0.15, -0.1) is 10.2 Å². The Bertz CT molecular complexity index is 557. The van der Waals surface area contributed by atoms with Crippen LogP contribution in [0.2, 0.25) is 0 Å². The molecule has 2 aromatic rings. The van der Waals surface area contributed by atoms with Crippen LogP contribution in [0.1, 0.15) is 6.92 Å². The van der Waals surface area contributed by atoms with Crippen LogP contribution in [0.4, 0.5) is 14.6 Å². The van der Waals surface area contributed by atoms with Gasteiger partial charge in [0.25, 0.3) is 0 Å². The highest BCUT2D eigenvalue weighted by molar-refractivity contribution is 7.99. The van der Waals surface area contributed by atoms with Crippen molar-refractivity contribution in [3.63, 3.8) is 0 Å². The molecule has 0 aliphatic rings. The first-order valence-corrected chi connectivity index (χ1v) is 6.05. The molecule has 8 heteroatoms. The van der Waals surface area contributed by atoms with Crippen LogP contribution < -0.4 is 5.32 Å². The van der Waals surface area contributed by atoms with Crippen molar-refractivity contribution >= 4 is 17.6 Å². The van der Waals surface area contributed by atoms with Crippen LogP contribution in [0.3, 0.4) is 0 Å². The van der Waals surface area contributed by atoms with Gasteiger partial charge in [-0.05, 0) is 18.7 Å². The highest BCUT2D eigenvalue weighted by Gasteiger charge is 2.14. The van der Waals surface area contributed by atoms with Crippen LogP contribution >= 0.6 is 11.8 Å². The predicted molar refractivity (Wildman–Crippen MR) is 63.4 cm³/mol. The number of hydrogen-bond donors (Lipinski definition) is 1. The van der Waals surface area contributed by atoms with Crippen molar-refractivity contribution in [2.45, 2.75) is 17.1 Å². The number of anilines is 1. The van der Waals surface area contributed by atoms with Gasteiger partial charge in [-0.2, -0.15) is 0 Å². The molecule has 0 bridgehead atoms. The fraction of sp³-hybridized carbons (Fsp3) is 0.300. The van der Waals surface area contributed by atoms with Crippen molar-refractivity contribution < 1.29 is 8.78 Å². The fourth-order valence-electron chi connectivity index (χ4n) is 1.26. The summed E-state index contributed by atoms with van der Waals surface area (Å²) >= 11 is 0.993. The summed E-state index contributed by atoms with van der Waals surface area (Å²) in [6.07, 6.45) is 1.50. The van der Waals surface area contributed by atoms with E-state index in [-0.39, 0.29) is 10.8 Å². The molecule has 0 radical (unpaired) electrons. The van der Waals surface area contributed by atoms with E-state index in [1.54, 1.807) is 18.5 Å². The Labute approximate surface area is 107 Å². The lowest BCUT2D eigenvalue weighted by Gasteiger charge is -2.07. The number of hydrogen-bond acceptors (Lipinski definition) is 5. The molecule has 2 rings (SSSR count). The van der Waals surface area contributed by atoms with Crippen LogP contribution in [-0.4, -0.2) is 26.3 Å². The number of rotatable bonds is 4. The van der Waals surface area contributed by atoms with E-state index in [9.17, 15) is 8.78 Å². The van der Waals surface area contributed by atoms with Gasteiger partial charge in [0, 0.05) is 19.7 Å². The van der Waals surface area contributed by atoms with Gasteiger partial charge in [-0.25, -0.2) is 13.8 Å². The molecular weight excluding hydrogens is 260 g/mol. The maximum atomic E-state index is 13.6. The lowest BCUT2D eigenvalue weighted by molar-refractivity contribution is 0.550. The smallest absolute Gasteiger partial charge is 0.197 e. The second-order valence-corrected chi connectivity index (χ2v) is 4.42. The first-order valence-electron chi connectivity index (χ1n) is 5.23. The highest BCUT2D eigenvalue weighted by atomic mass is 32.2. The zero-order chi connectivity index (χ0) is 13.1. The molecule has 0 aliphatic carbocycles. The predicted octanol–water partition coefficient (Wildman–Crippen LogP) is 2.07. The van der Waals surface area contributed by atoms with Crippen molar-refractivity contribution in [3.05, 3.63) is 24.0 Å². The molecule has 0 fully saturated rings. The largest absolute Gasteiger partial charge is 0.368 e. The first kappa shape index (κ1) is 12.7. The van der Waals surface area contributed by atoms with Crippen molar-refractivity contribution in [3.8, 4) is 0 Å². The Morgan fingerprint density at radius 2 is 2.17 bits per heavy atom. The number of aromatic nitrogens is 4. The van der Waals surface area contributed by atoms with E-state index >= 15 is 0 Å². The standard InChI is InChI=1S/C10H11F2N5S/c1-3-13-8-6(11)4-7(12)9(15-8)18-10-16-14-5-17(10)2/h4-5H,3H2,1-2H3,(H,13,15). The third-order valence-electron chi connectivity index (χ3n) is 2.10. The Hall–Kier alpha value is -1.70. The molecule has 0 atom stereocenters. The third-order valence-corrected chi connectivity index (χ3v) is 3.13. The van der Waals surface area contributed by atoms with E-state index < -0.39 is 11.6 Å². The van der Waals surface area contributed by atoms with Gasteiger partial charge in [0.2, 0.25) is 0 Å². The summed E-state index contributed by atoms with van der Waals surface area (Å²) in [4.78, 5) is 3.90. The van der Waals surface area contributed by atoms with Crippen LogP contribution in [-0.2, 0) is 7.05 Å². The SMILES string of the molecule is CCNc1nc(Sc2nncn2C)c(F)cc1F. The quantitative estimate of drug-likeness (QED) is 0.922. The van der Waals surface area contributed by atoms with Crippen molar-refractivity contribution in [2.75, 3.05) is 11.9 Å². The monoisotopic (exact) mass is 271 g/mol. The van der Waals surface area contributed by atoms with E-state index in [4.69, 9.17) is 0 Å². The molecule has 5 nitrogen and oxygen atoms in total. The number of halogens is 2. The molecule has 0 spiro atoms. The minimum Gasteiger partial charge on any atom is -0.368 e. The van der Waals surface area contributed by atoms with Crippen LogP contribution in [0.15, 0.2) is 22.6 Å². The molecule has 0 saturated carbocycles. The average molecular weight is 271 g/mol. The molecule has 2 heterocycles. The van der Waals surface area contributed by atoms with Gasteiger partial charge in [0.1, 0.15) is 11.4 Å². The second-order valence-electron chi connectivity index (χ2n) is 3.46. The molecule has 0 aliphatic heterocycles. The second kappa shape index (κ2) is 5.30. The molecule has 0 unspecified atom stereocenters. The molecule has 2 aromatic heterocycles. The molecule has 0 amide bonds. The molecular formula is C10H11F2N5S. The first-order chi connectivity index (χ1) is 8.61. The Morgan fingerprint density at radius 3 is 2.78 bits per heavy atom. The van der Waals surface area contributed by atoms with Gasteiger partial charge in [-0.1, -0.05) is 0 Å². The molecule has 96 valence electrons. The van der Waals surface area contributed by atoms with Gasteiger partial charge in [-0.3, -0.25) is 0 Å². The van der Waals surface area contributed by atoms with E-state index in [1.165, 1.54) is 6.33 Å². The molecule has 0 aromatic carbocycles. The maximum Gasteiger partial charge on any atom is 0.197 e. The summed E-state index contributed by atoms with van der Waals surface area (Å²) in [6.45, 7) is 2.31. The summed E-state index contributed by atoms with van der Waals surface area (Å²) in [5.74, 6) is -1.40. The number of nitrogens with one attached hydrogen (secondary N) is 1. The zero-order valence-corrected chi connectivity index (χ0v) is 10.6. The van der Waals surface area contributed by atoms with Crippen molar-refractivity contribution in [1.29, 1.82) is 0 Å². The van der Waals surface area contributed by atoms with E-state index in [0.717, 1.165) is 17.8 Å². The lowest BCUT2D eigenvalue weighted by Crippen LogP contribution is -2.04. The summed E-state index contributed by atoms with van der Waals surface area (Å²) in [6, 6.07) is 0.809. The summed E-state index contributed by atoms with van der Waals surface area (Å²) in [7, 11) is 1.73. The van der Waals surface area contributed by atoms with Crippen molar-refractivity contribution in [1.82, 2.24) is 19.7 Å². The van der Waals surface area contributed by atoms with Crippen LogP contribution in [0.25, 0.3) is 0 Å². The average Bonchev–Trinajstić information content (AvgIpc) is 2.71. The van der Waals surface area contributed by atoms with Gasteiger partial charge >= 0.3 is 0 Å². The van der Waals surface area contributed by atoms with Gasteiger partial charge in [0.15, 0.2) is 22.6 Å². The normalized spacial score (nSPS) is 10.7. The van der Waals surface area contributed by atoms with Crippen molar-refractivity contribution in [2.24, 2.45) is 7.05 Å². The summed E-state index contributed by atoms with van der Waals surface area (Å²) in [5.41, 5.74) is 0. The Balaban J connectivity index is 2.32. The maximum absolute atomic E-state index is 13.6. The number of aryl methyl sites for hydroxylation is 1. The fourth-order valence-corrected chi connectivity index (χ4v) is 2.01. The zero-order valence-electron chi connectivity index (χ0n) is 9.81. The van der Waals surface area contributed by atoms with Gasteiger partial charge in [0.05, 0.1) is 0 Å². The number of pyridine rings is 1. The third kappa shape index (κ3) is 2.58. The molecule has 18 heavy (non-hydrogen) atoms. The Kier molecular flexibility index (Phi) is 3.75. The topological polar surface area (TPSA) is 55.6 Å². The molecule has 0 saturated heterocycles. The van der Waals surface area contributed by atoms with E-state index in [1.807, 2.05) is 0 Å².